The van der Waals surface area contributed by atoms with Gasteiger partial charge in [-0.15, -0.1) is 10.2 Å². The van der Waals surface area contributed by atoms with Gasteiger partial charge in [-0.3, -0.25) is 4.79 Å². The van der Waals surface area contributed by atoms with Gasteiger partial charge >= 0.3 is 0 Å². The van der Waals surface area contributed by atoms with Crippen molar-refractivity contribution in [1.29, 1.82) is 0 Å². The van der Waals surface area contributed by atoms with Crippen molar-refractivity contribution in [3.63, 3.8) is 0 Å². The largest absolute Gasteiger partial charge is 0.484 e. The van der Waals surface area contributed by atoms with Crippen molar-refractivity contribution in [3.05, 3.63) is 71.6 Å². The minimum atomic E-state index is -0.345. The summed E-state index contributed by atoms with van der Waals surface area (Å²) in [5, 5.41) is 11.2. The van der Waals surface area contributed by atoms with E-state index in [4.69, 9.17) is 9.15 Å². The topological polar surface area (TPSA) is 77.2 Å². The van der Waals surface area contributed by atoms with Gasteiger partial charge in [0.2, 0.25) is 5.91 Å². The summed E-state index contributed by atoms with van der Waals surface area (Å²) in [7, 11) is 0. The van der Waals surface area contributed by atoms with Crippen LogP contribution in [0.25, 0.3) is 0 Å². The van der Waals surface area contributed by atoms with Crippen LogP contribution in [-0.2, 0) is 11.4 Å². The van der Waals surface area contributed by atoms with E-state index in [1.807, 2.05) is 82.3 Å². The van der Waals surface area contributed by atoms with Crippen LogP contribution < -0.4 is 10.1 Å². The van der Waals surface area contributed by atoms with E-state index in [2.05, 4.69) is 15.5 Å². The molecule has 0 spiro atoms. The molecule has 0 aliphatic carbocycles. The molecule has 2 unspecified atom stereocenters. The lowest BCUT2D eigenvalue weighted by Gasteiger charge is -2.21. The summed E-state index contributed by atoms with van der Waals surface area (Å²) >= 11 is 1.28. The van der Waals surface area contributed by atoms with Gasteiger partial charge in [-0.25, -0.2) is 0 Å². The number of rotatable bonds is 9. The fraction of sp³-hybridized carbons (Fsp3) is 0.348. The number of hydrogen-bond acceptors (Lipinski definition) is 6. The van der Waals surface area contributed by atoms with Gasteiger partial charge in [0.15, 0.2) is 6.61 Å². The molecule has 158 valence electrons. The molecule has 1 heterocycles. The van der Waals surface area contributed by atoms with Gasteiger partial charge in [0.05, 0.1) is 11.3 Å². The van der Waals surface area contributed by atoms with Crippen molar-refractivity contribution < 1.29 is 13.9 Å². The van der Waals surface area contributed by atoms with E-state index in [1.54, 1.807) is 0 Å². The number of benzene rings is 2. The van der Waals surface area contributed by atoms with Crippen LogP contribution in [0.2, 0.25) is 0 Å². The zero-order chi connectivity index (χ0) is 21.5. The van der Waals surface area contributed by atoms with Gasteiger partial charge in [0, 0.05) is 0 Å². The fourth-order valence-corrected chi connectivity index (χ4v) is 3.74. The molecule has 0 aliphatic rings. The first-order valence-electron chi connectivity index (χ1n) is 9.96. The molecule has 3 aromatic rings. The molecule has 0 bridgehead atoms. The van der Waals surface area contributed by atoms with Gasteiger partial charge in [0.25, 0.3) is 11.1 Å². The van der Waals surface area contributed by atoms with E-state index >= 15 is 0 Å². The van der Waals surface area contributed by atoms with Crippen molar-refractivity contribution in [2.24, 2.45) is 5.92 Å². The second-order valence-electron chi connectivity index (χ2n) is 7.49. The minimum Gasteiger partial charge on any atom is -0.484 e. The predicted molar refractivity (Wildman–Crippen MR) is 117 cm³/mol. The van der Waals surface area contributed by atoms with E-state index < -0.39 is 0 Å². The van der Waals surface area contributed by atoms with Crippen molar-refractivity contribution in [3.8, 4) is 5.75 Å². The Bertz CT molecular complexity index is 942. The van der Waals surface area contributed by atoms with Gasteiger partial charge in [-0.1, -0.05) is 73.6 Å². The smallest absolute Gasteiger partial charge is 0.277 e. The molecule has 2 aromatic carbocycles. The third-order valence-corrected chi connectivity index (χ3v) is 5.96. The van der Waals surface area contributed by atoms with E-state index in [1.165, 1.54) is 17.3 Å². The van der Waals surface area contributed by atoms with E-state index in [0.29, 0.717) is 11.1 Å². The number of aryl methyl sites for hydroxylation is 1. The molecule has 0 saturated carbocycles. The maximum absolute atomic E-state index is 12.9. The van der Waals surface area contributed by atoms with Crippen LogP contribution in [0.15, 0.2) is 64.2 Å². The van der Waals surface area contributed by atoms with Gasteiger partial charge in [-0.05, 0) is 37.5 Å². The average molecular weight is 426 g/mol. The predicted octanol–water partition coefficient (Wildman–Crippen LogP) is 4.95. The molecule has 1 N–H and O–H groups in total. The molecule has 0 aliphatic heterocycles. The number of ether oxygens (including phenoxy) is 1. The Hall–Kier alpha value is -2.80. The maximum atomic E-state index is 12.9. The Balaban J connectivity index is 1.58. The Labute approximate surface area is 181 Å². The van der Waals surface area contributed by atoms with Gasteiger partial charge < -0.3 is 14.5 Å². The molecule has 0 radical (unpaired) electrons. The summed E-state index contributed by atoms with van der Waals surface area (Å²) in [5.41, 5.74) is 2.23. The zero-order valence-electron chi connectivity index (χ0n) is 17.7. The highest BCUT2D eigenvalue weighted by Gasteiger charge is 2.27. The number of amides is 1. The third-order valence-electron chi connectivity index (χ3n) is 4.58. The first kappa shape index (κ1) is 21.9. The monoisotopic (exact) mass is 425 g/mol. The molecule has 1 amide bonds. The molecule has 0 saturated heterocycles. The highest BCUT2D eigenvalue weighted by molar-refractivity contribution is 8.00. The van der Waals surface area contributed by atoms with Crippen molar-refractivity contribution in [2.45, 2.75) is 50.8 Å². The Morgan fingerprint density at radius 1 is 1.07 bits per heavy atom. The van der Waals surface area contributed by atoms with Crippen LogP contribution in [0.1, 0.15) is 43.8 Å². The lowest BCUT2D eigenvalue weighted by molar-refractivity contribution is -0.121. The molecule has 0 fully saturated rings. The van der Waals surface area contributed by atoms with Gasteiger partial charge in [-0.2, -0.15) is 0 Å². The van der Waals surface area contributed by atoms with Crippen molar-refractivity contribution in [1.82, 2.24) is 15.5 Å². The van der Waals surface area contributed by atoms with Crippen LogP contribution in [0.3, 0.4) is 0 Å². The number of nitrogens with one attached hydrogen (secondary N) is 1. The van der Waals surface area contributed by atoms with E-state index in [-0.39, 0.29) is 29.7 Å². The summed E-state index contributed by atoms with van der Waals surface area (Å²) in [6.07, 6.45) is 0. The molecule has 2 atom stereocenters. The SMILES string of the molecule is Cc1ccc(OCc2nnc(SC(C(=O)NC(C)c3ccccc3)C(C)C)o2)cc1. The number of aromatic nitrogens is 2. The summed E-state index contributed by atoms with van der Waals surface area (Å²) in [6.45, 7) is 8.18. The first-order chi connectivity index (χ1) is 14.4. The highest BCUT2D eigenvalue weighted by atomic mass is 32.2. The molecule has 7 heteroatoms. The average Bonchev–Trinajstić information content (AvgIpc) is 3.19. The molecule has 30 heavy (non-hydrogen) atoms. The summed E-state index contributed by atoms with van der Waals surface area (Å²) in [5.74, 6) is 1.15. The van der Waals surface area contributed by atoms with Crippen LogP contribution in [0, 0.1) is 12.8 Å². The summed E-state index contributed by atoms with van der Waals surface area (Å²) in [4.78, 5) is 12.9. The first-order valence-corrected chi connectivity index (χ1v) is 10.8. The molecular formula is C23H27N3O3S. The normalized spacial score (nSPS) is 13.1. The molecular weight excluding hydrogens is 398 g/mol. The standard InChI is InChI=1S/C23H27N3O3S/c1-15(2)21(22(27)24-17(4)18-8-6-5-7-9-18)30-23-26-25-20(29-23)14-28-19-12-10-16(3)11-13-19/h5-13,15,17,21H,14H2,1-4H3,(H,24,27). The van der Waals surface area contributed by atoms with Crippen LogP contribution in [0.5, 0.6) is 5.75 Å². The number of carbonyl (C=O) groups excluding carboxylic acids is 1. The van der Waals surface area contributed by atoms with Crippen LogP contribution in [-0.4, -0.2) is 21.4 Å². The number of hydrogen-bond donors (Lipinski definition) is 1. The number of thioether (sulfide) groups is 1. The lowest BCUT2D eigenvalue weighted by atomic mass is 10.1. The quantitative estimate of drug-likeness (QED) is 0.489. The molecule has 1 aromatic heterocycles. The number of carbonyl (C=O) groups is 1. The van der Waals surface area contributed by atoms with Crippen molar-refractivity contribution in [2.75, 3.05) is 0 Å². The number of nitrogens with zero attached hydrogens (tertiary/aromatic N) is 2. The second kappa shape index (κ2) is 10.3. The Morgan fingerprint density at radius 3 is 2.43 bits per heavy atom. The lowest BCUT2D eigenvalue weighted by Crippen LogP contribution is -2.37. The summed E-state index contributed by atoms with van der Waals surface area (Å²) < 4.78 is 11.4. The van der Waals surface area contributed by atoms with Gasteiger partial charge in [0.1, 0.15) is 5.75 Å². The van der Waals surface area contributed by atoms with Crippen molar-refractivity contribution >= 4 is 17.7 Å². The van der Waals surface area contributed by atoms with Crippen LogP contribution >= 0.6 is 11.8 Å². The van der Waals surface area contributed by atoms with E-state index in [9.17, 15) is 4.79 Å². The second-order valence-corrected chi connectivity index (χ2v) is 8.58. The Kier molecular flexibility index (Phi) is 7.52. The molecule has 3 rings (SSSR count). The minimum absolute atomic E-state index is 0.0537. The molecule has 6 nitrogen and oxygen atoms in total. The summed E-state index contributed by atoms with van der Waals surface area (Å²) in [6, 6.07) is 17.6. The van der Waals surface area contributed by atoms with E-state index in [0.717, 1.165) is 11.3 Å². The highest BCUT2D eigenvalue weighted by Crippen LogP contribution is 2.28. The fourth-order valence-electron chi connectivity index (χ4n) is 2.85. The Morgan fingerprint density at radius 2 is 1.77 bits per heavy atom. The van der Waals surface area contributed by atoms with Crippen LogP contribution in [0.4, 0.5) is 0 Å². The zero-order valence-corrected chi connectivity index (χ0v) is 18.5. The third kappa shape index (κ3) is 6.10. The maximum Gasteiger partial charge on any atom is 0.277 e.